The van der Waals surface area contributed by atoms with Crippen molar-refractivity contribution in [1.29, 1.82) is 0 Å². The van der Waals surface area contributed by atoms with Crippen molar-refractivity contribution in [3.8, 4) is 27.3 Å². The van der Waals surface area contributed by atoms with Gasteiger partial charge in [-0.05, 0) is 61.6 Å². The number of methoxy groups -OCH3 is 1. The van der Waals surface area contributed by atoms with Crippen LogP contribution in [0.15, 0.2) is 72.8 Å². The summed E-state index contributed by atoms with van der Waals surface area (Å²) in [6, 6.07) is 21.5. The number of ether oxygens (including phenoxy) is 3. The van der Waals surface area contributed by atoms with Gasteiger partial charge in [0.1, 0.15) is 17.7 Å². The number of amides is 1. The van der Waals surface area contributed by atoms with Crippen LogP contribution in [0.5, 0.6) is 5.75 Å². The van der Waals surface area contributed by atoms with Gasteiger partial charge in [-0.3, -0.25) is 10.1 Å². The number of carbonyl (C=O) groups excluding carboxylic acids is 2. The number of esters is 1. The molecule has 6 nitrogen and oxygen atoms in total. The van der Waals surface area contributed by atoms with E-state index in [0.717, 1.165) is 40.0 Å². The molecular formula is C32H29ClFNO5S. The van der Waals surface area contributed by atoms with E-state index in [9.17, 15) is 14.0 Å². The van der Waals surface area contributed by atoms with Crippen molar-refractivity contribution in [2.45, 2.75) is 38.2 Å². The normalized spacial score (nSPS) is 14.2. The molecule has 1 atom stereocenters. The molecule has 1 aromatic heterocycles. The SMILES string of the molecule is CCOC(=O)C1(c2ccc(-c3ccc(-c4sc(Cl)cc4NC(=O)OC(C)c4ccccc4F)cc3OC)cc2)CC1. The van der Waals surface area contributed by atoms with Gasteiger partial charge in [-0.1, -0.05) is 66.2 Å². The molecule has 1 fully saturated rings. The van der Waals surface area contributed by atoms with E-state index in [1.165, 1.54) is 17.4 Å². The maximum atomic E-state index is 14.1. The van der Waals surface area contributed by atoms with Crippen molar-refractivity contribution in [2.75, 3.05) is 19.0 Å². The first-order valence-corrected chi connectivity index (χ1v) is 14.4. The number of hydrogen-bond donors (Lipinski definition) is 1. The van der Waals surface area contributed by atoms with Gasteiger partial charge in [0, 0.05) is 11.1 Å². The maximum absolute atomic E-state index is 14.1. The topological polar surface area (TPSA) is 73.9 Å². The molecule has 0 saturated heterocycles. The lowest BCUT2D eigenvalue weighted by atomic mass is 9.93. The highest BCUT2D eigenvalue weighted by Gasteiger charge is 2.52. The Kier molecular flexibility index (Phi) is 8.33. The molecule has 1 amide bonds. The number of thiophene rings is 1. The van der Waals surface area contributed by atoms with Crippen LogP contribution >= 0.6 is 22.9 Å². The van der Waals surface area contributed by atoms with Gasteiger partial charge in [0.25, 0.3) is 0 Å². The van der Waals surface area contributed by atoms with Crippen LogP contribution in [0.4, 0.5) is 14.9 Å². The van der Waals surface area contributed by atoms with Crippen LogP contribution in [0, 0.1) is 5.82 Å². The molecule has 9 heteroatoms. The Balaban J connectivity index is 1.35. The molecule has 0 radical (unpaired) electrons. The highest BCUT2D eigenvalue weighted by Crippen LogP contribution is 2.50. The van der Waals surface area contributed by atoms with Crippen molar-refractivity contribution in [3.63, 3.8) is 0 Å². The molecule has 4 aromatic rings. The first-order chi connectivity index (χ1) is 19.8. The van der Waals surface area contributed by atoms with E-state index in [2.05, 4.69) is 5.32 Å². The van der Waals surface area contributed by atoms with Crippen LogP contribution < -0.4 is 10.1 Å². The number of hydrogen-bond acceptors (Lipinski definition) is 6. The average Bonchev–Trinajstić information content (AvgIpc) is 3.70. The first-order valence-electron chi connectivity index (χ1n) is 13.2. The van der Waals surface area contributed by atoms with Gasteiger partial charge in [-0.2, -0.15) is 0 Å². The van der Waals surface area contributed by atoms with E-state index in [4.69, 9.17) is 25.8 Å². The molecule has 1 N–H and O–H groups in total. The fraction of sp³-hybridized carbons (Fsp3) is 0.250. The van der Waals surface area contributed by atoms with Gasteiger partial charge in [-0.25, -0.2) is 9.18 Å². The lowest BCUT2D eigenvalue weighted by Gasteiger charge is -2.16. The molecule has 1 unspecified atom stereocenters. The van der Waals surface area contributed by atoms with Crippen molar-refractivity contribution < 1.29 is 28.2 Å². The zero-order chi connectivity index (χ0) is 29.1. The zero-order valence-electron chi connectivity index (χ0n) is 22.8. The minimum absolute atomic E-state index is 0.167. The van der Waals surface area contributed by atoms with E-state index in [0.29, 0.717) is 22.4 Å². The molecule has 212 valence electrons. The highest BCUT2D eigenvalue weighted by atomic mass is 35.5. The number of carbonyl (C=O) groups is 2. The van der Waals surface area contributed by atoms with Gasteiger partial charge in [0.2, 0.25) is 0 Å². The van der Waals surface area contributed by atoms with Gasteiger partial charge in [0.05, 0.1) is 34.0 Å². The second-order valence-corrected chi connectivity index (χ2v) is 11.5. The van der Waals surface area contributed by atoms with E-state index in [-0.39, 0.29) is 11.5 Å². The Labute approximate surface area is 247 Å². The van der Waals surface area contributed by atoms with Gasteiger partial charge in [-0.15, -0.1) is 11.3 Å². The van der Waals surface area contributed by atoms with Gasteiger partial charge >= 0.3 is 12.1 Å². The number of halogens is 2. The molecule has 0 aliphatic heterocycles. The van der Waals surface area contributed by atoms with E-state index >= 15 is 0 Å². The van der Waals surface area contributed by atoms with Crippen LogP contribution in [0.3, 0.4) is 0 Å². The zero-order valence-corrected chi connectivity index (χ0v) is 24.4. The van der Waals surface area contributed by atoms with Crippen molar-refractivity contribution in [1.82, 2.24) is 0 Å². The standard InChI is InChI=1S/C32H29ClFNO5S/c1-4-39-30(36)32(15-16-32)22-12-9-20(10-13-22)24-14-11-21(17-27(24)38-3)29-26(18-28(33)41-29)35-31(37)40-19(2)23-7-5-6-8-25(23)34/h5-14,17-19H,4,15-16H2,1-3H3,(H,35,37). The van der Waals surface area contributed by atoms with Crippen molar-refractivity contribution in [2.24, 2.45) is 0 Å². The maximum Gasteiger partial charge on any atom is 0.412 e. The summed E-state index contributed by atoms with van der Waals surface area (Å²) in [6.45, 7) is 3.79. The quantitative estimate of drug-likeness (QED) is 0.196. The van der Waals surface area contributed by atoms with E-state index in [1.807, 2.05) is 49.4 Å². The summed E-state index contributed by atoms with van der Waals surface area (Å²) in [7, 11) is 1.60. The Morgan fingerprint density at radius 3 is 2.41 bits per heavy atom. The second-order valence-electron chi connectivity index (χ2n) is 9.78. The molecule has 1 aliphatic rings. The summed E-state index contributed by atoms with van der Waals surface area (Å²) in [4.78, 5) is 25.9. The largest absolute Gasteiger partial charge is 0.496 e. The fourth-order valence-corrected chi connectivity index (χ4v) is 6.06. The molecule has 1 saturated carbocycles. The number of anilines is 1. The highest BCUT2D eigenvalue weighted by molar-refractivity contribution is 7.20. The predicted molar refractivity (Wildman–Crippen MR) is 159 cm³/mol. The number of nitrogens with one attached hydrogen (secondary N) is 1. The fourth-order valence-electron chi connectivity index (χ4n) is 4.88. The van der Waals surface area contributed by atoms with Crippen LogP contribution in [-0.4, -0.2) is 25.8 Å². The first kappa shape index (κ1) is 28.6. The second kappa shape index (κ2) is 11.9. The third kappa shape index (κ3) is 5.94. The number of rotatable bonds is 9. The minimum Gasteiger partial charge on any atom is -0.496 e. The summed E-state index contributed by atoms with van der Waals surface area (Å²) < 4.78 is 31.0. The molecule has 5 rings (SSSR count). The lowest BCUT2D eigenvalue weighted by molar-refractivity contribution is -0.146. The van der Waals surface area contributed by atoms with Gasteiger partial charge < -0.3 is 14.2 Å². The van der Waals surface area contributed by atoms with E-state index in [1.54, 1.807) is 38.3 Å². The summed E-state index contributed by atoms with van der Waals surface area (Å²) in [5, 5.41) is 2.74. The predicted octanol–water partition coefficient (Wildman–Crippen LogP) is 8.79. The monoisotopic (exact) mass is 593 g/mol. The van der Waals surface area contributed by atoms with Crippen molar-refractivity contribution >= 4 is 40.7 Å². The smallest absolute Gasteiger partial charge is 0.412 e. The molecule has 0 spiro atoms. The molecule has 41 heavy (non-hydrogen) atoms. The molecule has 0 bridgehead atoms. The van der Waals surface area contributed by atoms with Crippen LogP contribution in [0.1, 0.15) is 43.9 Å². The Morgan fingerprint density at radius 1 is 1.05 bits per heavy atom. The third-order valence-corrected chi connectivity index (χ3v) is 8.51. The average molecular weight is 594 g/mol. The Hall–Kier alpha value is -3.88. The van der Waals surface area contributed by atoms with Crippen LogP contribution in [-0.2, 0) is 19.7 Å². The summed E-state index contributed by atoms with van der Waals surface area (Å²) >= 11 is 7.64. The van der Waals surface area contributed by atoms with Crippen molar-refractivity contribution in [3.05, 3.63) is 94.1 Å². The Morgan fingerprint density at radius 2 is 1.76 bits per heavy atom. The number of benzene rings is 3. The minimum atomic E-state index is -0.786. The summed E-state index contributed by atoms with van der Waals surface area (Å²) in [6.07, 6.45) is 0.0693. The van der Waals surface area contributed by atoms with Gasteiger partial charge in [0.15, 0.2) is 0 Å². The summed E-state index contributed by atoms with van der Waals surface area (Å²) in [5.41, 5.74) is 3.78. The lowest BCUT2D eigenvalue weighted by Crippen LogP contribution is -2.23. The molecule has 1 aliphatic carbocycles. The molecule has 3 aromatic carbocycles. The summed E-state index contributed by atoms with van der Waals surface area (Å²) in [5.74, 6) is 0.0206. The Bertz CT molecular complexity index is 1580. The van der Waals surface area contributed by atoms with Crippen LogP contribution in [0.2, 0.25) is 4.34 Å². The molecular weight excluding hydrogens is 565 g/mol. The van der Waals surface area contributed by atoms with Crippen LogP contribution in [0.25, 0.3) is 21.6 Å². The molecule has 1 heterocycles. The van der Waals surface area contributed by atoms with E-state index < -0.39 is 23.4 Å². The third-order valence-electron chi connectivity index (χ3n) is 7.19.